The lowest BCUT2D eigenvalue weighted by Crippen LogP contribution is -2.33. The molecule has 0 spiro atoms. The normalized spacial score (nSPS) is 17.0. The minimum atomic E-state index is -0.485. The minimum Gasteiger partial charge on any atom is -0.623 e. The van der Waals surface area contributed by atoms with Gasteiger partial charge in [0.2, 0.25) is 6.21 Å². The number of benzene rings is 1. The Hall–Kier alpha value is -2.14. The summed E-state index contributed by atoms with van der Waals surface area (Å²) in [6, 6.07) is 9.79. The molecule has 0 unspecified atom stereocenters. The molecule has 0 amide bonds. The zero-order valence-corrected chi connectivity index (χ0v) is 15.4. The summed E-state index contributed by atoms with van der Waals surface area (Å²) in [5.41, 5.74) is 0.961. The van der Waals surface area contributed by atoms with E-state index in [2.05, 4.69) is 9.88 Å². The van der Waals surface area contributed by atoms with Gasteiger partial charge in [-0.05, 0) is 25.0 Å². The standard InChI is InChI=1S/C20H27N3O2/c1-20(2,3)23(24)14-17-11-10-16-8-7-9-18(19(16)21-17)25-15-22-12-5-4-6-13-22/h7-11,14H,4-6,12-13,15H2,1-3H3/b23-14-. The summed E-state index contributed by atoms with van der Waals surface area (Å²) in [7, 11) is 0. The number of likely N-dealkylation sites (tertiary alicyclic amines) is 1. The van der Waals surface area contributed by atoms with Crippen LogP contribution in [0.3, 0.4) is 0 Å². The van der Waals surface area contributed by atoms with Crippen molar-refractivity contribution < 1.29 is 9.48 Å². The molecule has 0 N–H and O–H groups in total. The van der Waals surface area contributed by atoms with Gasteiger partial charge in [0, 0.05) is 39.2 Å². The van der Waals surface area contributed by atoms with Crippen LogP contribution in [0.4, 0.5) is 0 Å². The topological polar surface area (TPSA) is 51.4 Å². The molecule has 0 bridgehead atoms. The van der Waals surface area contributed by atoms with Gasteiger partial charge in [0.1, 0.15) is 23.7 Å². The number of nitrogens with zero attached hydrogens (tertiary/aromatic N) is 3. The molecule has 5 nitrogen and oxygen atoms in total. The van der Waals surface area contributed by atoms with Crippen molar-refractivity contribution in [2.24, 2.45) is 0 Å². The van der Waals surface area contributed by atoms with Crippen LogP contribution in [0.5, 0.6) is 5.75 Å². The molecule has 0 aliphatic carbocycles. The highest BCUT2D eigenvalue weighted by Gasteiger charge is 2.18. The molecule has 2 heterocycles. The Bertz CT molecular complexity index is 759. The molecular weight excluding hydrogens is 314 g/mol. The number of hydrogen-bond donors (Lipinski definition) is 0. The van der Waals surface area contributed by atoms with Crippen LogP contribution in [0, 0.1) is 5.21 Å². The molecule has 0 saturated carbocycles. The number of pyridine rings is 1. The van der Waals surface area contributed by atoms with E-state index >= 15 is 0 Å². The number of fused-ring (bicyclic) bond motifs is 1. The van der Waals surface area contributed by atoms with E-state index in [9.17, 15) is 5.21 Å². The van der Waals surface area contributed by atoms with Crippen molar-refractivity contribution in [2.45, 2.75) is 45.6 Å². The van der Waals surface area contributed by atoms with Gasteiger partial charge < -0.3 is 9.94 Å². The second-order valence-electron chi connectivity index (χ2n) is 7.64. The van der Waals surface area contributed by atoms with E-state index in [1.807, 2.05) is 51.1 Å². The molecular formula is C20H27N3O2. The average Bonchev–Trinajstić information content (AvgIpc) is 2.60. The monoisotopic (exact) mass is 341 g/mol. The Morgan fingerprint density at radius 1 is 1.16 bits per heavy atom. The first-order chi connectivity index (χ1) is 11.9. The lowest BCUT2D eigenvalue weighted by molar-refractivity contribution is -0.530. The zero-order valence-electron chi connectivity index (χ0n) is 15.4. The predicted molar refractivity (Wildman–Crippen MR) is 101 cm³/mol. The predicted octanol–water partition coefficient (Wildman–Crippen LogP) is 3.78. The second kappa shape index (κ2) is 7.40. The number of piperidine rings is 1. The Morgan fingerprint density at radius 3 is 2.64 bits per heavy atom. The third kappa shape index (κ3) is 4.48. The number of aromatic nitrogens is 1. The van der Waals surface area contributed by atoms with E-state index in [1.165, 1.54) is 19.3 Å². The van der Waals surface area contributed by atoms with Gasteiger partial charge in [0.25, 0.3) is 0 Å². The number of hydrogen-bond acceptors (Lipinski definition) is 4. The van der Waals surface area contributed by atoms with E-state index in [1.54, 1.807) is 6.21 Å². The first-order valence-electron chi connectivity index (χ1n) is 9.00. The Balaban J connectivity index is 1.84. The highest BCUT2D eigenvalue weighted by atomic mass is 16.5. The van der Waals surface area contributed by atoms with Gasteiger partial charge in [0.05, 0.1) is 0 Å². The first-order valence-corrected chi connectivity index (χ1v) is 9.00. The number of ether oxygens (including phenoxy) is 1. The highest BCUT2D eigenvalue weighted by Crippen LogP contribution is 2.24. The van der Waals surface area contributed by atoms with E-state index < -0.39 is 5.54 Å². The van der Waals surface area contributed by atoms with Crippen molar-refractivity contribution in [3.63, 3.8) is 0 Å². The summed E-state index contributed by atoms with van der Waals surface area (Å²) in [5.74, 6) is 0.770. The van der Waals surface area contributed by atoms with Gasteiger partial charge in [-0.15, -0.1) is 0 Å². The van der Waals surface area contributed by atoms with Crippen molar-refractivity contribution in [3.05, 3.63) is 41.2 Å². The Labute approximate surface area is 149 Å². The molecule has 0 radical (unpaired) electrons. The molecule has 1 saturated heterocycles. The van der Waals surface area contributed by atoms with Crippen molar-refractivity contribution in [3.8, 4) is 5.75 Å². The van der Waals surface area contributed by atoms with Gasteiger partial charge in [-0.25, -0.2) is 9.72 Å². The van der Waals surface area contributed by atoms with E-state index in [4.69, 9.17) is 4.74 Å². The molecule has 1 aromatic heterocycles. The lowest BCUT2D eigenvalue weighted by atomic mass is 10.1. The van der Waals surface area contributed by atoms with E-state index in [0.717, 1.165) is 34.5 Å². The molecule has 1 fully saturated rings. The molecule has 1 aliphatic heterocycles. The molecule has 134 valence electrons. The van der Waals surface area contributed by atoms with Crippen LogP contribution in [-0.2, 0) is 0 Å². The van der Waals surface area contributed by atoms with Crippen LogP contribution in [0.15, 0.2) is 30.3 Å². The van der Waals surface area contributed by atoms with Gasteiger partial charge in [-0.2, -0.15) is 0 Å². The lowest BCUT2D eigenvalue weighted by Gasteiger charge is -2.26. The van der Waals surface area contributed by atoms with E-state index in [-0.39, 0.29) is 0 Å². The summed E-state index contributed by atoms with van der Waals surface area (Å²) in [6.07, 6.45) is 5.33. The molecule has 1 aromatic carbocycles. The molecule has 25 heavy (non-hydrogen) atoms. The fourth-order valence-corrected chi connectivity index (χ4v) is 2.89. The summed E-state index contributed by atoms with van der Waals surface area (Å²) < 4.78 is 6.99. The van der Waals surface area contributed by atoms with Crippen molar-refractivity contribution >= 4 is 17.1 Å². The third-order valence-electron chi connectivity index (χ3n) is 4.47. The van der Waals surface area contributed by atoms with Crippen LogP contribution < -0.4 is 4.74 Å². The number of rotatable bonds is 4. The van der Waals surface area contributed by atoms with Crippen LogP contribution >= 0.6 is 0 Å². The summed E-state index contributed by atoms with van der Waals surface area (Å²) in [6.45, 7) is 8.41. The molecule has 0 atom stereocenters. The number of hydroxylamine groups is 1. The maximum absolute atomic E-state index is 12.2. The van der Waals surface area contributed by atoms with Gasteiger partial charge in [-0.3, -0.25) is 4.90 Å². The fourth-order valence-electron chi connectivity index (χ4n) is 2.89. The number of para-hydroxylation sites is 1. The van der Waals surface area contributed by atoms with Crippen molar-refractivity contribution in [1.29, 1.82) is 0 Å². The summed E-state index contributed by atoms with van der Waals surface area (Å²) >= 11 is 0. The van der Waals surface area contributed by atoms with Gasteiger partial charge in [0.15, 0.2) is 5.54 Å². The Morgan fingerprint density at radius 2 is 1.92 bits per heavy atom. The maximum atomic E-state index is 12.2. The molecule has 2 aromatic rings. The van der Waals surface area contributed by atoms with Crippen LogP contribution in [-0.4, -0.2) is 46.2 Å². The first kappa shape index (κ1) is 17.7. The van der Waals surface area contributed by atoms with Crippen LogP contribution in [0.1, 0.15) is 45.7 Å². The summed E-state index contributed by atoms with van der Waals surface area (Å²) in [4.78, 5) is 6.98. The summed E-state index contributed by atoms with van der Waals surface area (Å²) in [5, 5.41) is 13.2. The second-order valence-corrected chi connectivity index (χ2v) is 7.64. The molecule has 5 heteroatoms. The largest absolute Gasteiger partial charge is 0.623 e. The van der Waals surface area contributed by atoms with Gasteiger partial charge >= 0.3 is 0 Å². The van der Waals surface area contributed by atoms with Crippen LogP contribution in [0.2, 0.25) is 0 Å². The highest BCUT2D eigenvalue weighted by molar-refractivity contribution is 5.87. The van der Waals surface area contributed by atoms with Gasteiger partial charge in [-0.1, -0.05) is 24.6 Å². The van der Waals surface area contributed by atoms with Crippen molar-refractivity contribution in [1.82, 2.24) is 9.88 Å². The SMILES string of the molecule is CC(C)(C)/[N+]([O-])=C/c1ccc2cccc(OCN3CCCCC3)c2n1. The van der Waals surface area contributed by atoms with Crippen molar-refractivity contribution in [2.75, 3.05) is 19.8 Å². The van der Waals surface area contributed by atoms with E-state index in [0.29, 0.717) is 12.4 Å². The fraction of sp³-hybridized carbons (Fsp3) is 0.500. The average molecular weight is 341 g/mol. The zero-order chi connectivity index (χ0) is 17.9. The maximum Gasteiger partial charge on any atom is 0.200 e. The quantitative estimate of drug-likeness (QED) is 0.367. The van der Waals surface area contributed by atoms with Crippen LogP contribution in [0.25, 0.3) is 10.9 Å². The molecule has 3 rings (SSSR count). The third-order valence-corrected chi connectivity index (χ3v) is 4.47. The Kier molecular flexibility index (Phi) is 5.23. The minimum absolute atomic E-state index is 0.485. The smallest absolute Gasteiger partial charge is 0.200 e. The molecule has 1 aliphatic rings.